The van der Waals surface area contributed by atoms with Gasteiger partial charge in [-0.25, -0.2) is 19.4 Å². The Balaban J connectivity index is 2.69. The van der Waals surface area contributed by atoms with Crippen LogP contribution in [-0.2, 0) is 6.54 Å². The topological polar surface area (TPSA) is 107 Å². The van der Waals surface area contributed by atoms with Crippen LogP contribution in [-0.4, -0.2) is 37.0 Å². The molecule has 0 fully saturated rings. The number of hydrogen-bond donors (Lipinski definition) is 2. The highest BCUT2D eigenvalue weighted by atomic mass is 19.4. The van der Waals surface area contributed by atoms with Crippen LogP contribution in [0.5, 0.6) is 0 Å². The van der Waals surface area contributed by atoms with E-state index in [1.165, 1.54) is 0 Å². The fourth-order valence-corrected chi connectivity index (χ4v) is 1.46. The van der Waals surface area contributed by atoms with E-state index in [4.69, 9.17) is 10.8 Å². The van der Waals surface area contributed by atoms with Crippen molar-refractivity contribution in [1.82, 2.24) is 19.7 Å². The minimum atomic E-state index is -4.55. The minimum Gasteiger partial charge on any atom is -0.476 e. The first-order valence-electron chi connectivity index (χ1n) is 4.56. The standard InChI is InChI=1S/C8H6F3N5O2/c9-8(10,11)1-16-6-3(4(15-16)7(17)18)5(12)13-2-14-6/h2H,1H2,(H,17,18)(H2,12,13,14). The van der Waals surface area contributed by atoms with Crippen molar-refractivity contribution in [2.75, 3.05) is 5.73 Å². The average Bonchev–Trinajstić information content (AvgIpc) is 2.56. The number of anilines is 1. The molecule has 0 radical (unpaired) electrons. The SMILES string of the molecule is Nc1ncnc2c1c(C(=O)O)nn2CC(F)(F)F. The van der Waals surface area contributed by atoms with E-state index in [9.17, 15) is 18.0 Å². The summed E-state index contributed by atoms with van der Waals surface area (Å²) < 4.78 is 37.3. The van der Waals surface area contributed by atoms with Crippen molar-refractivity contribution in [3.8, 4) is 0 Å². The van der Waals surface area contributed by atoms with Gasteiger partial charge in [0, 0.05) is 0 Å². The molecule has 18 heavy (non-hydrogen) atoms. The number of alkyl halides is 3. The number of halogens is 3. The lowest BCUT2D eigenvalue weighted by atomic mass is 10.3. The Kier molecular flexibility index (Phi) is 2.56. The van der Waals surface area contributed by atoms with Gasteiger partial charge in [0.15, 0.2) is 11.3 Å². The number of fused-ring (bicyclic) bond motifs is 1. The van der Waals surface area contributed by atoms with Gasteiger partial charge >= 0.3 is 12.1 Å². The molecule has 2 rings (SSSR count). The van der Waals surface area contributed by atoms with Crippen molar-refractivity contribution in [2.45, 2.75) is 12.7 Å². The van der Waals surface area contributed by atoms with Crippen molar-refractivity contribution >= 4 is 22.8 Å². The highest BCUT2D eigenvalue weighted by Gasteiger charge is 2.31. The van der Waals surface area contributed by atoms with Crippen LogP contribution in [0.15, 0.2) is 6.33 Å². The van der Waals surface area contributed by atoms with Gasteiger partial charge in [-0.05, 0) is 0 Å². The first-order chi connectivity index (χ1) is 8.29. The molecule has 3 N–H and O–H groups in total. The number of rotatable bonds is 2. The largest absolute Gasteiger partial charge is 0.476 e. The zero-order valence-electron chi connectivity index (χ0n) is 8.64. The van der Waals surface area contributed by atoms with E-state index in [1.807, 2.05) is 0 Å². The Morgan fingerprint density at radius 3 is 2.67 bits per heavy atom. The quantitative estimate of drug-likeness (QED) is 0.822. The van der Waals surface area contributed by atoms with E-state index in [-0.39, 0.29) is 16.9 Å². The maximum atomic E-state index is 12.3. The Bertz CT molecular complexity index is 621. The summed E-state index contributed by atoms with van der Waals surface area (Å²) in [5, 5.41) is 12.0. The van der Waals surface area contributed by atoms with Crippen LogP contribution in [0.4, 0.5) is 19.0 Å². The van der Waals surface area contributed by atoms with Gasteiger partial charge in [0.1, 0.15) is 18.7 Å². The van der Waals surface area contributed by atoms with Gasteiger partial charge in [-0.15, -0.1) is 0 Å². The number of nitrogen functional groups attached to an aromatic ring is 1. The fraction of sp³-hybridized carbons (Fsp3) is 0.250. The van der Waals surface area contributed by atoms with Crippen LogP contribution >= 0.6 is 0 Å². The number of carboxylic acids is 1. The maximum Gasteiger partial charge on any atom is 0.408 e. The van der Waals surface area contributed by atoms with Crippen LogP contribution in [0.25, 0.3) is 11.0 Å². The Labute approximate surface area is 97.0 Å². The number of carboxylic acid groups (broad SMARTS) is 1. The molecule has 0 aliphatic rings. The van der Waals surface area contributed by atoms with Crippen LogP contribution in [0.1, 0.15) is 10.5 Å². The van der Waals surface area contributed by atoms with Crippen molar-refractivity contribution in [1.29, 1.82) is 0 Å². The molecule has 0 aromatic carbocycles. The third-order valence-electron chi connectivity index (χ3n) is 2.09. The second kappa shape index (κ2) is 3.82. The molecular weight excluding hydrogens is 255 g/mol. The van der Waals surface area contributed by atoms with Crippen molar-refractivity contribution in [3.63, 3.8) is 0 Å². The molecule has 0 spiro atoms. The number of aromatic nitrogens is 4. The monoisotopic (exact) mass is 261 g/mol. The van der Waals surface area contributed by atoms with Crippen LogP contribution in [0.2, 0.25) is 0 Å². The van der Waals surface area contributed by atoms with Gasteiger partial charge in [-0.2, -0.15) is 18.3 Å². The molecule has 0 amide bonds. The number of nitrogens with zero attached hydrogens (tertiary/aromatic N) is 4. The zero-order valence-corrected chi connectivity index (χ0v) is 8.64. The third-order valence-corrected chi connectivity index (χ3v) is 2.09. The van der Waals surface area contributed by atoms with E-state index < -0.39 is 24.4 Å². The van der Waals surface area contributed by atoms with Crippen molar-refractivity contribution in [3.05, 3.63) is 12.0 Å². The van der Waals surface area contributed by atoms with Crippen molar-refractivity contribution in [2.24, 2.45) is 0 Å². The lowest BCUT2D eigenvalue weighted by Crippen LogP contribution is -2.19. The van der Waals surface area contributed by atoms with Gasteiger partial charge < -0.3 is 10.8 Å². The predicted octanol–water partition coefficient (Wildman–Crippen LogP) is 0.669. The summed E-state index contributed by atoms with van der Waals surface area (Å²) in [6, 6.07) is 0. The van der Waals surface area contributed by atoms with E-state index in [0.717, 1.165) is 6.33 Å². The van der Waals surface area contributed by atoms with Gasteiger partial charge in [0.2, 0.25) is 0 Å². The molecule has 10 heteroatoms. The lowest BCUT2D eigenvalue weighted by Gasteiger charge is -2.06. The Morgan fingerprint density at radius 1 is 1.44 bits per heavy atom. The average molecular weight is 261 g/mol. The van der Waals surface area contributed by atoms with E-state index in [1.54, 1.807) is 0 Å². The summed E-state index contributed by atoms with van der Waals surface area (Å²) in [6.45, 7) is -1.45. The lowest BCUT2D eigenvalue weighted by molar-refractivity contribution is -0.142. The molecular formula is C8H6F3N5O2. The molecule has 2 heterocycles. The fourth-order valence-electron chi connectivity index (χ4n) is 1.46. The summed E-state index contributed by atoms with van der Waals surface area (Å²) in [5.74, 6) is -1.73. The first-order valence-corrected chi connectivity index (χ1v) is 4.56. The number of hydrogen-bond acceptors (Lipinski definition) is 5. The summed E-state index contributed by atoms with van der Waals surface area (Å²) in [4.78, 5) is 18.0. The second-order valence-corrected chi connectivity index (χ2v) is 3.38. The van der Waals surface area contributed by atoms with Gasteiger partial charge in [0.05, 0.1) is 5.39 Å². The molecule has 2 aromatic rings. The van der Waals surface area contributed by atoms with Crippen LogP contribution in [0, 0.1) is 0 Å². The molecule has 0 saturated carbocycles. The van der Waals surface area contributed by atoms with Crippen molar-refractivity contribution < 1.29 is 23.1 Å². The molecule has 7 nitrogen and oxygen atoms in total. The summed E-state index contributed by atoms with van der Waals surface area (Å²) in [5.41, 5.74) is 4.55. The van der Waals surface area contributed by atoms with E-state index in [2.05, 4.69) is 15.1 Å². The number of nitrogens with two attached hydrogens (primary N) is 1. The van der Waals surface area contributed by atoms with E-state index in [0.29, 0.717) is 4.68 Å². The van der Waals surface area contributed by atoms with Gasteiger partial charge in [0.25, 0.3) is 0 Å². The smallest absolute Gasteiger partial charge is 0.408 e. The maximum absolute atomic E-state index is 12.3. The highest BCUT2D eigenvalue weighted by Crippen LogP contribution is 2.24. The van der Waals surface area contributed by atoms with Gasteiger partial charge in [-0.3, -0.25) is 0 Å². The van der Waals surface area contributed by atoms with E-state index >= 15 is 0 Å². The zero-order chi connectivity index (χ0) is 13.5. The Morgan fingerprint density at radius 2 is 2.11 bits per heavy atom. The molecule has 0 unspecified atom stereocenters. The summed E-state index contributed by atoms with van der Waals surface area (Å²) >= 11 is 0. The second-order valence-electron chi connectivity index (χ2n) is 3.38. The minimum absolute atomic E-state index is 0.200. The molecule has 0 saturated heterocycles. The molecule has 0 bridgehead atoms. The van der Waals surface area contributed by atoms with Crippen LogP contribution in [0.3, 0.4) is 0 Å². The van der Waals surface area contributed by atoms with Crippen LogP contribution < -0.4 is 5.73 Å². The molecule has 2 aromatic heterocycles. The molecule has 96 valence electrons. The Hall–Kier alpha value is -2.39. The summed E-state index contributed by atoms with van der Waals surface area (Å²) in [7, 11) is 0. The molecule has 0 aliphatic heterocycles. The molecule has 0 aliphatic carbocycles. The normalized spacial score (nSPS) is 11.9. The molecule has 0 atom stereocenters. The predicted molar refractivity (Wildman–Crippen MR) is 52.7 cm³/mol. The first kappa shape index (κ1) is 12.1. The number of carbonyl (C=O) groups is 1. The van der Waals surface area contributed by atoms with Gasteiger partial charge in [-0.1, -0.05) is 0 Å². The summed E-state index contributed by atoms with van der Waals surface area (Å²) in [6.07, 6.45) is -3.60. The number of aromatic carboxylic acids is 1. The highest BCUT2D eigenvalue weighted by molar-refractivity contribution is 6.04. The third kappa shape index (κ3) is 2.04.